The molecule has 6 bridgehead atoms. The van der Waals surface area contributed by atoms with Crippen molar-refractivity contribution in [2.45, 2.75) is 25.3 Å². The third kappa shape index (κ3) is 4.53. The van der Waals surface area contributed by atoms with Crippen LogP contribution in [0.4, 0.5) is 0 Å². The average Bonchev–Trinajstić information content (AvgIpc) is 3.52. The lowest BCUT2D eigenvalue weighted by Crippen LogP contribution is -2.33. The lowest BCUT2D eigenvalue weighted by atomic mass is 9.87. The van der Waals surface area contributed by atoms with Crippen molar-refractivity contribution in [3.05, 3.63) is 101 Å². The van der Waals surface area contributed by atoms with Gasteiger partial charge in [-0.25, -0.2) is 0 Å². The second kappa shape index (κ2) is 10.6. The average molecular weight is 589 g/mol. The standard InChI is InChI=1S/C36H32N2O6/c1-38-13-11-24-18-33-35(42-20-41-33)36-34(24)28(38)15-21-4-7-25(8-5-21)43-31-16-22(6-9-29(31)39-2)14-27-26-19-32(44-36)30(40-3)17-23(26)10-12-37-27/h4-10,12,16-19,28H,11,13-15,20H2,1-3H3. The summed E-state index contributed by atoms with van der Waals surface area (Å²) in [6.45, 7) is 1.08. The van der Waals surface area contributed by atoms with E-state index in [0.717, 1.165) is 52.7 Å². The van der Waals surface area contributed by atoms with Crippen LogP contribution in [0.1, 0.15) is 34.0 Å². The third-order valence-electron chi connectivity index (χ3n) is 8.87. The Morgan fingerprint density at radius 3 is 2.45 bits per heavy atom. The first-order chi connectivity index (χ1) is 21.6. The van der Waals surface area contributed by atoms with E-state index in [9.17, 15) is 0 Å². The van der Waals surface area contributed by atoms with E-state index in [4.69, 9.17) is 33.4 Å². The van der Waals surface area contributed by atoms with Crippen LogP contribution in [0.5, 0.6) is 46.0 Å². The van der Waals surface area contributed by atoms with Gasteiger partial charge in [-0.05, 0) is 90.5 Å². The molecule has 0 N–H and O–H groups in total. The molecule has 4 aliphatic heterocycles. The number of pyridine rings is 1. The largest absolute Gasteiger partial charge is 0.493 e. The topological polar surface area (TPSA) is 71.5 Å². The molecule has 9 rings (SSSR count). The summed E-state index contributed by atoms with van der Waals surface area (Å²) < 4.78 is 36.8. The molecule has 8 heteroatoms. The summed E-state index contributed by atoms with van der Waals surface area (Å²) in [6, 6.07) is 22.5. The number of methoxy groups -OCH3 is 2. The maximum atomic E-state index is 6.91. The molecule has 222 valence electrons. The van der Waals surface area contributed by atoms with E-state index in [-0.39, 0.29) is 12.8 Å². The number of rotatable bonds is 2. The number of likely N-dealkylation sites (N-methyl/N-ethyl adjacent to an activating group) is 1. The van der Waals surface area contributed by atoms with E-state index in [1.807, 2.05) is 54.7 Å². The van der Waals surface area contributed by atoms with Gasteiger partial charge in [0, 0.05) is 36.2 Å². The number of nitrogens with zero attached hydrogens (tertiary/aromatic N) is 2. The number of fused-ring (bicyclic) bond motifs is 3. The molecule has 8 nitrogen and oxygen atoms in total. The molecule has 4 aromatic carbocycles. The highest BCUT2D eigenvalue weighted by Crippen LogP contribution is 2.52. The van der Waals surface area contributed by atoms with Gasteiger partial charge in [-0.2, -0.15) is 0 Å². The summed E-state index contributed by atoms with van der Waals surface area (Å²) in [7, 11) is 5.49. The smallest absolute Gasteiger partial charge is 0.231 e. The van der Waals surface area contributed by atoms with Crippen LogP contribution in [0, 0.1) is 0 Å². The molecule has 0 radical (unpaired) electrons. The van der Waals surface area contributed by atoms with Crippen LogP contribution in [0.3, 0.4) is 0 Å². The molecule has 44 heavy (non-hydrogen) atoms. The minimum atomic E-state index is 0.0503. The Morgan fingerprint density at radius 2 is 1.61 bits per heavy atom. The van der Waals surface area contributed by atoms with E-state index in [0.29, 0.717) is 46.7 Å². The van der Waals surface area contributed by atoms with Crippen LogP contribution in [-0.4, -0.2) is 44.5 Å². The summed E-state index contributed by atoms with van der Waals surface area (Å²) in [5, 5.41) is 1.99. The Balaban J connectivity index is 1.36. The van der Waals surface area contributed by atoms with Gasteiger partial charge in [0.1, 0.15) is 5.75 Å². The minimum Gasteiger partial charge on any atom is -0.493 e. The van der Waals surface area contributed by atoms with Crippen LogP contribution in [0.2, 0.25) is 0 Å². The Bertz CT molecular complexity index is 1900. The van der Waals surface area contributed by atoms with Gasteiger partial charge in [0.15, 0.2) is 34.5 Å². The molecule has 5 aromatic rings. The lowest BCUT2D eigenvalue weighted by molar-refractivity contribution is 0.171. The molecule has 1 unspecified atom stereocenters. The molecular formula is C36H32N2O6. The number of benzene rings is 4. The molecule has 1 atom stereocenters. The first-order valence-electron chi connectivity index (χ1n) is 14.8. The fourth-order valence-electron chi connectivity index (χ4n) is 6.56. The normalized spacial score (nSPS) is 16.9. The molecule has 0 amide bonds. The lowest BCUT2D eigenvalue weighted by Gasteiger charge is -2.36. The van der Waals surface area contributed by atoms with Crippen molar-refractivity contribution >= 4 is 10.8 Å². The number of hydrogen-bond acceptors (Lipinski definition) is 8. The second-order valence-corrected chi connectivity index (χ2v) is 11.5. The van der Waals surface area contributed by atoms with Gasteiger partial charge >= 0.3 is 0 Å². The van der Waals surface area contributed by atoms with Crippen molar-refractivity contribution in [3.8, 4) is 46.0 Å². The predicted octanol–water partition coefficient (Wildman–Crippen LogP) is 7.24. The molecular weight excluding hydrogens is 556 g/mol. The molecule has 0 saturated carbocycles. The van der Waals surface area contributed by atoms with Gasteiger partial charge in [-0.3, -0.25) is 9.88 Å². The maximum Gasteiger partial charge on any atom is 0.231 e. The molecule has 4 aliphatic rings. The minimum absolute atomic E-state index is 0.0503. The second-order valence-electron chi connectivity index (χ2n) is 11.5. The highest BCUT2D eigenvalue weighted by molar-refractivity contribution is 5.88. The number of aromatic nitrogens is 1. The number of ether oxygens (including phenoxy) is 6. The first kappa shape index (κ1) is 26.7. The van der Waals surface area contributed by atoms with E-state index in [1.165, 1.54) is 11.1 Å². The zero-order valence-electron chi connectivity index (χ0n) is 24.9. The van der Waals surface area contributed by atoms with Crippen LogP contribution < -0.4 is 28.4 Å². The van der Waals surface area contributed by atoms with Crippen molar-refractivity contribution in [2.24, 2.45) is 0 Å². The summed E-state index contributed by atoms with van der Waals surface area (Å²) in [6.07, 6.45) is 4.08. The zero-order chi connectivity index (χ0) is 29.8. The van der Waals surface area contributed by atoms with Gasteiger partial charge in [-0.15, -0.1) is 0 Å². The summed E-state index contributed by atoms with van der Waals surface area (Å²) >= 11 is 0. The van der Waals surface area contributed by atoms with Crippen LogP contribution >= 0.6 is 0 Å². The maximum absolute atomic E-state index is 6.91. The van der Waals surface area contributed by atoms with Crippen molar-refractivity contribution < 1.29 is 28.4 Å². The highest BCUT2D eigenvalue weighted by Gasteiger charge is 2.35. The van der Waals surface area contributed by atoms with Crippen LogP contribution in [0.15, 0.2) is 72.9 Å². The van der Waals surface area contributed by atoms with Gasteiger partial charge < -0.3 is 28.4 Å². The van der Waals surface area contributed by atoms with Crippen molar-refractivity contribution in [2.75, 3.05) is 34.6 Å². The highest BCUT2D eigenvalue weighted by atomic mass is 16.7. The summed E-state index contributed by atoms with van der Waals surface area (Å²) in [5.41, 5.74) is 5.45. The fourth-order valence-corrected chi connectivity index (χ4v) is 6.56. The van der Waals surface area contributed by atoms with E-state index in [2.05, 4.69) is 30.1 Å². The molecule has 0 saturated heterocycles. The molecule has 0 spiro atoms. The quantitative estimate of drug-likeness (QED) is 0.214. The van der Waals surface area contributed by atoms with E-state index >= 15 is 0 Å². The molecule has 0 fully saturated rings. The van der Waals surface area contributed by atoms with Gasteiger partial charge in [0.05, 0.1) is 19.9 Å². The molecule has 0 aliphatic carbocycles. The Morgan fingerprint density at radius 1 is 0.795 bits per heavy atom. The predicted molar refractivity (Wildman–Crippen MR) is 166 cm³/mol. The van der Waals surface area contributed by atoms with Gasteiger partial charge in [0.2, 0.25) is 12.5 Å². The van der Waals surface area contributed by atoms with Crippen molar-refractivity contribution in [3.63, 3.8) is 0 Å². The fraction of sp³-hybridized carbons (Fsp3) is 0.250. The molecule has 5 heterocycles. The van der Waals surface area contributed by atoms with E-state index < -0.39 is 0 Å². The summed E-state index contributed by atoms with van der Waals surface area (Å²) in [4.78, 5) is 7.19. The van der Waals surface area contributed by atoms with Gasteiger partial charge in [-0.1, -0.05) is 18.2 Å². The first-order valence-corrected chi connectivity index (χ1v) is 14.8. The Labute approximate surface area is 255 Å². The monoisotopic (exact) mass is 588 g/mol. The van der Waals surface area contributed by atoms with Gasteiger partial charge in [0.25, 0.3) is 0 Å². The Kier molecular flexibility index (Phi) is 6.45. The Hall–Kier alpha value is -4.95. The summed E-state index contributed by atoms with van der Waals surface area (Å²) in [5.74, 6) is 5.31. The van der Waals surface area contributed by atoms with Crippen LogP contribution in [-0.2, 0) is 19.3 Å². The SMILES string of the molecule is COc1ccc2cc1Oc1ccc(cc1)CC1c3c(cc4c(c3Oc3cc5c(nccc5cc3OC)C2)OCO4)CCN1C. The number of hydrogen-bond donors (Lipinski definition) is 0. The zero-order valence-corrected chi connectivity index (χ0v) is 24.9. The van der Waals surface area contributed by atoms with Crippen molar-refractivity contribution in [1.29, 1.82) is 0 Å². The van der Waals surface area contributed by atoms with Crippen LogP contribution in [0.25, 0.3) is 10.8 Å². The molecule has 1 aromatic heterocycles. The third-order valence-corrected chi connectivity index (χ3v) is 8.87. The van der Waals surface area contributed by atoms with E-state index in [1.54, 1.807) is 14.2 Å². The van der Waals surface area contributed by atoms with Crippen molar-refractivity contribution in [1.82, 2.24) is 9.88 Å².